The highest BCUT2D eigenvalue weighted by Gasteiger charge is 2.21. The van der Waals surface area contributed by atoms with Crippen LogP contribution >= 0.6 is 11.3 Å². The Kier molecular flexibility index (Phi) is 7.30. The number of carbonyl (C=O) groups is 2. The molecule has 0 saturated carbocycles. The number of ether oxygens (including phenoxy) is 3. The van der Waals surface area contributed by atoms with Gasteiger partial charge in [-0.25, -0.2) is 4.79 Å². The van der Waals surface area contributed by atoms with Crippen LogP contribution in [0.15, 0.2) is 41.8 Å². The molecule has 1 aromatic carbocycles. The number of hydrogen-bond donors (Lipinski definition) is 1. The molecule has 7 heteroatoms. The van der Waals surface area contributed by atoms with Gasteiger partial charge in [-0.3, -0.25) is 4.79 Å². The molecule has 154 valence electrons. The van der Waals surface area contributed by atoms with E-state index in [2.05, 4.69) is 5.32 Å². The average Bonchev–Trinajstić information content (AvgIpc) is 3.12. The van der Waals surface area contributed by atoms with E-state index in [0.717, 1.165) is 16.9 Å². The fourth-order valence-corrected chi connectivity index (χ4v) is 3.56. The minimum Gasteiger partial charge on any atom is -0.490 e. The van der Waals surface area contributed by atoms with Gasteiger partial charge in [0.1, 0.15) is 0 Å². The fourth-order valence-electron chi connectivity index (χ4n) is 2.94. The van der Waals surface area contributed by atoms with Crippen molar-refractivity contribution < 1.29 is 23.8 Å². The summed E-state index contributed by atoms with van der Waals surface area (Å²) in [4.78, 5) is 25.1. The van der Waals surface area contributed by atoms with Crippen LogP contribution < -0.4 is 14.8 Å². The Bertz CT molecular complexity index is 860. The molecule has 0 saturated heterocycles. The molecule has 1 aliphatic rings. The summed E-state index contributed by atoms with van der Waals surface area (Å²) in [6.07, 6.45) is 3.82. The maximum absolute atomic E-state index is 12.3. The summed E-state index contributed by atoms with van der Waals surface area (Å²) >= 11 is 1.52. The van der Waals surface area contributed by atoms with Crippen molar-refractivity contribution in [2.45, 2.75) is 26.3 Å². The molecule has 0 spiro atoms. The van der Waals surface area contributed by atoms with Crippen molar-refractivity contribution >= 4 is 29.3 Å². The van der Waals surface area contributed by atoms with Crippen molar-refractivity contribution in [1.82, 2.24) is 5.32 Å². The first-order valence-corrected chi connectivity index (χ1v) is 10.5. The van der Waals surface area contributed by atoms with E-state index in [0.29, 0.717) is 24.7 Å². The van der Waals surface area contributed by atoms with Crippen LogP contribution in [0, 0.1) is 5.92 Å². The van der Waals surface area contributed by atoms with Gasteiger partial charge in [0.2, 0.25) is 0 Å². The van der Waals surface area contributed by atoms with Crippen LogP contribution in [0.4, 0.5) is 0 Å². The Balaban J connectivity index is 1.58. The molecule has 0 fully saturated rings. The summed E-state index contributed by atoms with van der Waals surface area (Å²) in [6, 6.07) is 9.25. The zero-order valence-corrected chi connectivity index (χ0v) is 17.4. The van der Waals surface area contributed by atoms with E-state index in [-0.39, 0.29) is 24.5 Å². The van der Waals surface area contributed by atoms with Gasteiger partial charge < -0.3 is 19.5 Å². The van der Waals surface area contributed by atoms with E-state index in [1.807, 2.05) is 49.6 Å². The fraction of sp³-hybridized carbons (Fsp3) is 0.364. The van der Waals surface area contributed by atoms with Crippen LogP contribution in [0.1, 0.15) is 36.8 Å². The second-order valence-corrected chi connectivity index (χ2v) is 7.98. The maximum Gasteiger partial charge on any atom is 0.331 e. The first-order chi connectivity index (χ1) is 14.0. The Morgan fingerprint density at radius 3 is 2.72 bits per heavy atom. The number of fused-ring (bicyclic) bond motifs is 1. The van der Waals surface area contributed by atoms with E-state index in [4.69, 9.17) is 14.2 Å². The topological polar surface area (TPSA) is 73.9 Å². The number of benzene rings is 1. The van der Waals surface area contributed by atoms with Gasteiger partial charge in [-0.1, -0.05) is 26.0 Å². The molecule has 6 nitrogen and oxygen atoms in total. The first-order valence-electron chi connectivity index (χ1n) is 9.60. The van der Waals surface area contributed by atoms with E-state index >= 15 is 0 Å². The second-order valence-electron chi connectivity index (χ2n) is 7.00. The predicted octanol–water partition coefficient (Wildman–Crippen LogP) is 3.98. The normalized spacial score (nSPS) is 14.4. The number of thiophene rings is 1. The lowest BCUT2D eigenvalue weighted by Crippen LogP contribution is -2.34. The summed E-state index contributed by atoms with van der Waals surface area (Å²) in [7, 11) is 0. The molecule has 1 aliphatic heterocycles. The Morgan fingerprint density at radius 2 is 2.00 bits per heavy atom. The van der Waals surface area contributed by atoms with Gasteiger partial charge in [-0.2, -0.15) is 0 Å². The van der Waals surface area contributed by atoms with E-state index < -0.39 is 5.97 Å². The largest absolute Gasteiger partial charge is 0.490 e. The summed E-state index contributed by atoms with van der Waals surface area (Å²) in [5.41, 5.74) is 0.918. The highest BCUT2D eigenvalue weighted by atomic mass is 32.1. The summed E-state index contributed by atoms with van der Waals surface area (Å²) in [6.45, 7) is 4.93. The lowest BCUT2D eigenvalue weighted by atomic mass is 9.95. The number of carbonyl (C=O) groups excluding carboxylic acids is 2. The van der Waals surface area contributed by atoms with Crippen molar-refractivity contribution in [2.75, 3.05) is 19.8 Å². The van der Waals surface area contributed by atoms with E-state index in [1.54, 1.807) is 6.08 Å². The van der Waals surface area contributed by atoms with Gasteiger partial charge in [-0.05, 0) is 41.1 Å². The van der Waals surface area contributed by atoms with Gasteiger partial charge in [0.25, 0.3) is 5.91 Å². The number of nitrogens with one attached hydrogen (secondary N) is 1. The van der Waals surface area contributed by atoms with Crippen molar-refractivity contribution in [3.8, 4) is 11.5 Å². The Labute approximate surface area is 174 Å². The quantitative estimate of drug-likeness (QED) is 0.547. The Morgan fingerprint density at radius 1 is 1.21 bits per heavy atom. The number of esters is 1. The minimum absolute atomic E-state index is 0.137. The number of rotatable bonds is 7. The molecular formula is C22H25NO5S. The van der Waals surface area contributed by atoms with Crippen LogP contribution in [-0.4, -0.2) is 31.7 Å². The monoisotopic (exact) mass is 415 g/mol. The predicted molar refractivity (Wildman–Crippen MR) is 112 cm³/mol. The van der Waals surface area contributed by atoms with Gasteiger partial charge >= 0.3 is 5.97 Å². The standard InChI is InChI=1S/C22H25NO5S/c1-15(2)22(16-6-8-18-19(13-16)27-11-4-10-26-18)23-20(24)14-28-21(25)9-7-17-5-3-12-29-17/h3,5-9,12-13,15,22H,4,10-11,14H2,1-2H3,(H,23,24)/b9-7+/t22-/m1/s1. The molecule has 0 bridgehead atoms. The van der Waals surface area contributed by atoms with E-state index in [9.17, 15) is 9.59 Å². The molecule has 2 aromatic rings. The smallest absolute Gasteiger partial charge is 0.331 e. The second kappa shape index (κ2) is 10.1. The zero-order chi connectivity index (χ0) is 20.6. The highest BCUT2D eigenvalue weighted by Crippen LogP contribution is 2.34. The minimum atomic E-state index is -0.551. The highest BCUT2D eigenvalue weighted by molar-refractivity contribution is 7.10. The molecular weight excluding hydrogens is 390 g/mol. The molecule has 0 radical (unpaired) electrons. The van der Waals surface area contributed by atoms with Crippen LogP contribution in [0.25, 0.3) is 6.08 Å². The average molecular weight is 416 g/mol. The van der Waals surface area contributed by atoms with Crippen LogP contribution in [-0.2, 0) is 14.3 Å². The molecule has 0 unspecified atom stereocenters. The van der Waals surface area contributed by atoms with Crippen LogP contribution in [0.2, 0.25) is 0 Å². The Hall–Kier alpha value is -2.80. The molecule has 1 aromatic heterocycles. The molecule has 0 aliphatic carbocycles. The number of hydrogen-bond acceptors (Lipinski definition) is 6. The molecule has 3 rings (SSSR count). The molecule has 29 heavy (non-hydrogen) atoms. The summed E-state index contributed by atoms with van der Waals surface area (Å²) in [5, 5.41) is 4.87. The lowest BCUT2D eigenvalue weighted by Gasteiger charge is -2.23. The third-order valence-electron chi connectivity index (χ3n) is 4.39. The van der Waals surface area contributed by atoms with Crippen molar-refractivity contribution in [3.05, 3.63) is 52.2 Å². The third kappa shape index (κ3) is 6.09. The third-order valence-corrected chi connectivity index (χ3v) is 5.22. The molecule has 1 atom stereocenters. The molecule has 2 heterocycles. The van der Waals surface area contributed by atoms with Crippen molar-refractivity contribution in [2.24, 2.45) is 5.92 Å². The van der Waals surface area contributed by atoms with Gasteiger partial charge in [0.15, 0.2) is 18.1 Å². The van der Waals surface area contributed by atoms with Gasteiger partial charge in [0, 0.05) is 17.4 Å². The molecule has 1 N–H and O–H groups in total. The van der Waals surface area contributed by atoms with Crippen molar-refractivity contribution in [1.29, 1.82) is 0 Å². The summed E-state index contributed by atoms with van der Waals surface area (Å²) in [5.74, 6) is 0.633. The van der Waals surface area contributed by atoms with Crippen LogP contribution in [0.5, 0.6) is 11.5 Å². The van der Waals surface area contributed by atoms with Gasteiger partial charge in [0.05, 0.1) is 19.3 Å². The zero-order valence-electron chi connectivity index (χ0n) is 16.6. The maximum atomic E-state index is 12.3. The summed E-state index contributed by atoms with van der Waals surface area (Å²) < 4.78 is 16.5. The van der Waals surface area contributed by atoms with Crippen molar-refractivity contribution in [3.63, 3.8) is 0 Å². The van der Waals surface area contributed by atoms with Crippen LogP contribution in [0.3, 0.4) is 0 Å². The molecule has 1 amide bonds. The lowest BCUT2D eigenvalue weighted by molar-refractivity contribution is -0.144. The number of amides is 1. The van der Waals surface area contributed by atoms with E-state index in [1.165, 1.54) is 17.4 Å². The van der Waals surface area contributed by atoms with Gasteiger partial charge in [-0.15, -0.1) is 11.3 Å². The first kappa shape index (κ1) is 20.9. The SMILES string of the molecule is CC(C)[C@@H](NC(=O)COC(=O)/C=C/c1cccs1)c1ccc2c(c1)OCCCO2.